The number of hydrogen-bond donors (Lipinski definition) is 0. The Morgan fingerprint density at radius 3 is 1.61 bits per heavy atom. The third kappa shape index (κ3) is 5.60. The van der Waals surface area contributed by atoms with Gasteiger partial charge in [0.25, 0.3) is 0 Å². The normalized spacial score (nSPS) is 14.5. The lowest BCUT2D eigenvalue weighted by Gasteiger charge is -2.36. The molecule has 1 unspecified atom stereocenters. The van der Waals surface area contributed by atoms with Crippen molar-refractivity contribution >= 4 is 72.3 Å². The molecule has 0 spiro atoms. The lowest BCUT2D eigenvalue weighted by molar-refractivity contribution is 0.669. The maximum atomic E-state index is 6.89. The van der Waals surface area contributed by atoms with E-state index in [2.05, 4.69) is 228 Å². The van der Waals surface area contributed by atoms with Crippen molar-refractivity contribution in [2.24, 2.45) is 0 Å². The molecule has 15 rings (SSSR count). The second-order valence-corrected chi connectivity index (χ2v) is 18.3. The van der Waals surface area contributed by atoms with Gasteiger partial charge in [0.2, 0.25) is 17.1 Å². The van der Waals surface area contributed by atoms with Crippen molar-refractivity contribution in [3.63, 3.8) is 0 Å². The molecule has 3 aromatic heterocycles. The van der Waals surface area contributed by atoms with Crippen molar-refractivity contribution in [1.82, 2.24) is 9.56 Å². The molecule has 5 heteroatoms. The van der Waals surface area contributed by atoms with E-state index in [1.165, 1.54) is 5.71 Å². The van der Waals surface area contributed by atoms with Crippen molar-refractivity contribution in [3.8, 4) is 66.9 Å². The molecule has 12 aromatic rings. The third-order valence-electron chi connectivity index (χ3n) is 14.6. The van der Waals surface area contributed by atoms with E-state index in [0.29, 0.717) is 0 Å². The molecule has 1 aliphatic heterocycles. The number of benzene rings is 9. The van der Waals surface area contributed by atoms with Crippen LogP contribution in [0, 0.1) is 0 Å². The first-order chi connectivity index (χ1) is 34.8. The highest BCUT2D eigenvalue weighted by Crippen LogP contribution is 2.57. The molecule has 326 valence electrons. The van der Waals surface area contributed by atoms with Gasteiger partial charge in [0.15, 0.2) is 0 Å². The predicted octanol–water partition coefficient (Wildman–Crippen LogP) is 17.1. The molecule has 0 saturated heterocycles. The molecule has 70 heavy (non-hydrogen) atoms. The van der Waals surface area contributed by atoms with E-state index < -0.39 is 0 Å². The van der Waals surface area contributed by atoms with E-state index in [-0.39, 0.29) is 6.04 Å². The van der Waals surface area contributed by atoms with Gasteiger partial charge in [0.05, 0.1) is 5.69 Å². The van der Waals surface area contributed by atoms with Crippen molar-refractivity contribution in [1.29, 1.82) is 0 Å². The SMILES string of the molecule is C1=CC2=[N+](c3ccccc3)c3cc4c(cc3N(c3ccccc3)C2C=C1)-c1ncccc1-c1cccc(-c2cccc3c2oc2ccccc23)c1-c1c-4cccc1-c1cccc2c1oc1ccccc12. The summed E-state index contributed by atoms with van der Waals surface area (Å²) in [7, 11) is 0. The minimum absolute atomic E-state index is 0.0673. The Balaban J connectivity index is 1.11. The fourth-order valence-corrected chi connectivity index (χ4v) is 11.7. The zero-order valence-corrected chi connectivity index (χ0v) is 37.8. The fourth-order valence-electron chi connectivity index (χ4n) is 11.7. The maximum Gasteiger partial charge on any atom is 0.236 e. The van der Waals surface area contributed by atoms with E-state index in [1.807, 2.05) is 18.3 Å². The maximum absolute atomic E-state index is 6.89. The molecule has 1 atom stereocenters. The molecule has 4 heterocycles. The zero-order valence-electron chi connectivity index (χ0n) is 37.8. The summed E-state index contributed by atoms with van der Waals surface area (Å²) in [6.45, 7) is 0. The average Bonchev–Trinajstić information content (AvgIpc) is 4.01. The molecular formula is C65H40N3O2+. The zero-order chi connectivity index (χ0) is 45.9. The van der Waals surface area contributed by atoms with Crippen molar-refractivity contribution in [2.75, 3.05) is 4.90 Å². The summed E-state index contributed by atoms with van der Waals surface area (Å²) in [5, 5.41) is 4.36. The van der Waals surface area contributed by atoms with Crippen molar-refractivity contribution < 1.29 is 8.83 Å². The number of allylic oxidation sites excluding steroid dienone is 2. The Bertz CT molecular complexity index is 4250. The number of pyridine rings is 1. The summed E-state index contributed by atoms with van der Waals surface area (Å²) >= 11 is 0. The van der Waals surface area contributed by atoms with Crippen molar-refractivity contribution in [2.45, 2.75) is 6.04 Å². The van der Waals surface area contributed by atoms with Crippen LogP contribution in [-0.2, 0) is 0 Å². The quantitative estimate of drug-likeness (QED) is 0.165. The Morgan fingerprint density at radius 1 is 0.429 bits per heavy atom. The number of hydrogen-bond acceptors (Lipinski definition) is 4. The van der Waals surface area contributed by atoms with Crippen LogP contribution in [0.1, 0.15) is 0 Å². The van der Waals surface area contributed by atoms with Crippen LogP contribution in [0.15, 0.2) is 246 Å². The topological polar surface area (TPSA) is 45.4 Å². The van der Waals surface area contributed by atoms with Crippen LogP contribution in [0.2, 0.25) is 0 Å². The van der Waals surface area contributed by atoms with Gasteiger partial charge in [0.1, 0.15) is 34.1 Å². The van der Waals surface area contributed by atoms with Gasteiger partial charge in [0, 0.05) is 80.0 Å². The summed E-state index contributed by atoms with van der Waals surface area (Å²) in [6.07, 6.45) is 10.8. The van der Waals surface area contributed by atoms with Crippen LogP contribution in [0.3, 0.4) is 0 Å². The predicted molar refractivity (Wildman–Crippen MR) is 289 cm³/mol. The van der Waals surface area contributed by atoms with Crippen LogP contribution >= 0.6 is 0 Å². The summed E-state index contributed by atoms with van der Waals surface area (Å²) in [4.78, 5) is 7.86. The first kappa shape index (κ1) is 38.8. The van der Waals surface area contributed by atoms with Gasteiger partial charge in [-0.05, 0) is 75.3 Å². The lowest BCUT2D eigenvalue weighted by atomic mass is 9.76. The molecule has 0 saturated carbocycles. The van der Waals surface area contributed by atoms with Gasteiger partial charge in [-0.2, -0.15) is 4.58 Å². The molecule has 0 N–H and O–H groups in total. The smallest absolute Gasteiger partial charge is 0.236 e. The number of fused-ring (bicyclic) bond motifs is 16. The number of anilines is 2. The second-order valence-electron chi connectivity index (χ2n) is 18.3. The Hall–Kier alpha value is -9.32. The van der Waals surface area contributed by atoms with E-state index >= 15 is 0 Å². The monoisotopic (exact) mass is 894 g/mol. The standard InChI is InChI=1S/C65H40N3O2/c1-3-18-40(19-4-1)67-55-33-9-10-34-56(55)68(41-20-5-2-6-21-41)58-39-54-53(38-57(58)67)47-27-14-26-46(52-31-16-29-50-43-23-8-12-36-60(43)70-65(50)52)62(47)61-44(48-32-17-37-66-63(48)54)24-13-25-45(61)51-30-15-28-49-42-22-7-11-35-59(42)69-64(49)51/h1-39,56H/q+1. The fraction of sp³-hybridized carbons (Fsp3) is 0.0154. The molecule has 9 aromatic carbocycles. The molecular weight excluding hydrogens is 855 g/mol. The second kappa shape index (κ2) is 15.1. The van der Waals surface area contributed by atoms with Gasteiger partial charge in [-0.25, -0.2) is 0 Å². The molecule has 0 bridgehead atoms. The summed E-state index contributed by atoms with van der Waals surface area (Å²) in [6, 6.07) is 74.0. The van der Waals surface area contributed by atoms with Gasteiger partial charge >= 0.3 is 0 Å². The summed E-state index contributed by atoms with van der Waals surface area (Å²) in [5.74, 6) is 0. The number of furan rings is 2. The van der Waals surface area contributed by atoms with E-state index in [1.54, 1.807) is 0 Å². The first-order valence-electron chi connectivity index (χ1n) is 23.9. The minimum atomic E-state index is -0.0673. The van der Waals surface area contributed by atoms with Crippen molar-refractivity contribution in [3.05, 3.63) is 237 Å². The van der Waals surface area contributed by atoms with E-state index in [9.17, 15) is 0 Å². The molecule has 0 radical (unpaired) electrons. The van der Waals surface area contributed by atoms with Crippen LogP contribution in [0.25, 0.3) is 111 Å². The molecule has 5 nitrogen and oxygen atoms in total. The van der Waals surface area contributed by atoms with Gasteiger partial charge in [-0.3, -0.25) is 4.98 Å². The minimum Gasteiger partial charge on any atom is -0.455 e. The number of rotatable bonds is 4. The van der Waals surface area contributed by atoms with Crippen LogP contribution in [-0.4, -0.2) is 16.7 Å². The number of aromatic nitrogens is 1. The van der Waals surface area contributed by atoms with Gasteiger partial charge in [-0.1, -0.05) is 170 Å². The highest BCUT2D eigenvalue weighted by Gasteiger charge is 2.42. The van der Waals surface area contributed by atoms with Gasteiger partial charge in [-0.15, -0.1) is 0 Å². The largest absolute Gasteiger partial charge is 0.455 e. The lowest BCUT2D eigenvalue weighted by Crippen LogP contribution is -2.44. The Labute approximate surface area is 403 Å². The molecule has 0 fully saturated rings. The van der Waals surface area contributed by atoms with Crippen LogP contribution in [0.5, 0.6) is 0 Å². The van der Waals surface area contributed by atoms with Gasteiger partial charge < -0.3 is 13.7 Å². The third-order valence-corrected chi connectivity index (χ3v) is 14.6. The van der Waals surface area contributed by atoms with E-state index in [4.69, 9.17) is 13.8 Å². The Kier molecular flexibility index (Phi) is 8.36. The average molecular weight is 895 g/mol. The van der Waals surface area contributed by atoms with Crippen LogP contribution < -0.4 is 9.48 Å². The summed E-state index contributed by atoms with van der Waals surface area (Å²) < 4.78 is 16.2. The number of para-hydroxylation sites is 6. The molecule has 2 aliphatic carbocycles. The summed E-state index contributed by atoms with van der Waals surface area (Å²) in [5.41, 5.74) is 21.7. The highest BCUT2D eigenvalue weighted by atomic mass is 16.3. The van der Waals surface area contributed by atoms with E-state index in [0.717, 1.165) is 134 Å². The Morgan fingerprint density at radius 2 is 0.957 bits per heavy atom. The first-order valence-corrected chi connectivity index (χ1v) is 23.9. The molecule has 3 aliphatic rings. The number of nitrogens with zero attached hydrogens (tertiary/aromatic N) is 3. The highest BCUT2D eigenvalue weighted by molar-refractivity contribution is 6.19. The van der Waals surface area contributed by atoms with Crippen LogP contribution in [0.4, 0.5) is 22.7 Å². The molecule has 0 amide bonds.